The van der Waals surface area contributed by atoms with Gasteiger partial charge in [0.25, 0.3) is 5.91 Å². The van der Waals surface area contributed by atoms with E-state index in [0.717, 1.165) is 12.8 Å². The van der Waals surface area contributed by atoms with Gasteiger partial charge in [0.05, 0.1) is 29.5 Å². The summed E-state index contributed by atoms with van der Waals surface area (Å²) in [7, 11) is -7.24. The van der Waals surface area contributed by atoms with Gasteiger partial charge in [-0.2, -0.15) is 8.61 Å². The molecule has 2 aromatic carbocycles. The molecule has 0 spiro atoms. The number of rotatable bonds is 9. The van der Waals surface area contributed by atoms with E-state index in [-0.39, 0.29) is 28.8 Å². The van der Waals surface area contributed by atoms with Gasteiger partial charge < -0.3 is 14.8 Å². The zero-order valence-electron chi connectivity index (χ0n) is 21.8. The summed E-state index contributed by atoms with van der Waals surface area (Å²) in [5, 5.41) is 2.77. The molecule has 2 heterocycles. The molecule has 0 saturated carbocycles. The van der Waals surface area contributed by atoms with Crippen LogP contribution in [0.15, 0.2) is 52.3 Å². The van der Waals surface area contributed by atoms with Gasteiger partial charge in [0, 0.05) is 31.7 Å². The maximum absolute atomic E-state index is 13.1. The second-order valence-corrected chi connectivity index (χ2v) is 13.5. The van der Waals surface area contributed by atoms with Crippen LogP contribution in [0.2, 0.25) is 0 Å². The van der Waals surface area contributed by atoms with E-state index in [1.807, 2.05) is 0 Å². The van der Waals surface area contributed by atoms with Gasteiger partial charge in [0.2, 0.25) is 20.0 Å². The van der Waals surface area contributed by atoms with Gasteiger partial charge >= 0.3 is 0 Å². The van der Waals surface area contributed by atoms with E-state index < -0.39 is 20.0 Å². The number of piperidine rings is 1. The average Bonchev–Trinajstić information content (AvgIpc) is 2.92. The molecule has 10 nitrogen and oxygen atoms in total. The van der Waals surface area contributed by atoms with Crippen molar-refractivity contribution in [3.8, 4) is 5.75 Å². The Balaban J connectivity index is 1.31. The van der Waals surface area contributed by atoms with Crippen LogP contribution in [0.4, 0.5) is 0 Å². The Kier molecular flexibility index (Phi) is 9.09. The van der Waals surface area contributed by atoms with Crippen LogP contribution in [0, 0.1) is 12.8 Å². The summed E-state index contributed by atoms with van der Waals surface area (Å²) in [6, 6.07) is 10.8. The van der Waals surface area contributed by atoms with Gasteiger partial charge in [-0.15, -0.1) is 0 Å². The first kappa shape index (κ1) is 28.5. The van der Waals surface area contributed by atoms with Gasteiger partial charge in [0.15, 0.2) is 0 Å². The number of benzene rings is 2. The fourth-order valence-electron chi connectivity index (χ4n) is 4.45. The van der Waals surface area contributed by atoms with Crippen molar-refractivity contribution >= 4 is 26.0 Å². The molecule has 0 radical (unpaired) electrons. The number of carbonyl (C=O) groups is 1. The molecule has 2 aliphatic heterocycles. The molecule has 0 bridgehead atoms. The Morgan fingerprint density at radius 2 is 1.50 bits per heavy atom. The van der Waals surface area contributed by atoms with E-state index in [0.29, 0.717) is 62.2 Å². The lowest BCUT2D eigenvalue weighted by Crippen LogP contribution is -2.40. The third-order valence-corrected chi connectivity index (χ3v) is 10.7. The largest absolute Gasteiger partial charge is 0.492 e. The summed E-state index contributed by atoms with van der Waals surface area (Å²) < 4.78 is 65.4. The van der Waals surface area contributed by atoms with Crippen molar-refractivity contribution in [2.45, 2.75) is 36.5 Å². The van der Waals surface area contributed by atoms with Crippen molar-refractivity contribution in [1.82, 2.24) is 13.9 Å². The summed E-state index contributed by atoms with van der Waals surface area (Å²) >= 11 is 0. The van der Waals surface area contributed by atoms with Crippen molar-refractivity contribution < 1.29 is 31.1 Å². The van der Waals surface area contributed by atoms with Crippen LogP contribution < -0.4 is 10.1 Å². The van der Waals surface area contributed by atoms with Gasteiger partial charge in [-0.3, -0.25) is 4.79 Å². The third kappa shape index (κ3) is 6.55. The van der Waals surface area contributed by atoms with E-state index in [4.69, 9.17) is 9.47 Å². The van der Waals surface area contributed by atoms with Crippen molar-refractivity contribution in [1.29, 1.82) is 0 Å². The standard InChI is InChI=1S/C26H35N3O7S2/c1-20-9-12-28(13-10-20)38(33,34)24-6-3-21(2)25(19-24)26(30)27-11-16-36-22-4-7-23(8-5-22)37(31,32)29-14-17-35-18-15-29/h3-8,19-20H,9-18H2,1-2H3,(H,27,30). The van der Waals surface area contributed by atoms with Crippen LogP contribution in [0.5, 0.6) is 5.75 Å². The highest BCUT2D eigenvalue weighted by molar-refractivity contribution is 7.89. The second kappa shape index (κ2) is 12.1. The molecule has 0 unspecified atom stereocenters. The highest BCUT2D eigenvalue weighted by Crippen LogP contribution is 2.25. The summed E-state index contributed by atoms with van der Waals surface area (Å²) in [4.78, 5) is 13.1. The predicted octanol–water partition coefficient (Wildman–Crippen LogP) is 2.25. The normalized spacial score (nSPS) is 18.3. The average molecular weight is 566 g/mol. The van der Waals surface area contributed by atoms with E-state index in [2.05, 4.69) is 12.2 Å². The van der Waals surface area contributed by atoms with Crippen molar-refractivity contribution in [2.24, 2.45) is 5.92 Å². The Morgan fingerprint density at radius 3 is 2.16 bits per heavy atom. The molecule has 38 heavy (non-hydrogen) atoms. The number of sulfonamides is 2. The smallest absolute Gasteiger partial charge is 0.251 e. The lowest BCUT2D eigenvalue weighted by molar-refractivity contribution is 0.0730. The quantitative estimate of drug-likeness (QED) is 0.463. The van der Waals surface area contributed by atoms with Crippen LogP contribution in [-0.4, -0.2) is 83.9 Å². The molecule has 2 aromatic rings. The number of nitrogens with zero attached hydrogens (tertiary/aromatic N) is 2. The first-order chi connectivity index (χ1) is 18.1. The number of aryl methyl sites for hydroxylation is 1. The molecule has 208 valence electrons. The minimum atomic E-state index is -3.66. The minimum absolute atomic E-state index is 0.117. The molecule has 4 rings (SSSR count). The molecular formula is C26H35N3O7S2. The maximum atomic E-state index is 13.1. The molecule has 1 N–H and O–H groups in total. The molecule has 2 fully saturated rings. The van der Waals surface area contributed by atoms with Crippen molar-refractivity contribution in [2.75, 3.05) is 52.5 Å². The third-order valence-electron chi connectivity index (χ3n) is 6.92. The minimum Gasteiger partial charge on any atom is -0.492 e. The highest BCUT2D eigenvalue weighted by atomic mass is 32.2. The Bertz CT molecular complexity index is 1330. The molecule has 2 saturated heterocycles. The van der Waals surface area contributed by atoms with E-state index >= 15 is 0 Å². The summed E-state index contributed by atoms with van der Waals surface area (Å²) in [5.74, 6) is 0.590. The number of amides is 1. The van der Waals surface area contributed by atoms with Gasteiger partial charge in [-0.05, 0) is 67.6 Å². The predicted molar refractivity (Wildman–Crippen MR) is 142 cm³/mol. The van der Waals surface area contributed by atoms with Gasteiger partial charge in [0.1, 0.15) is 12.4 Å². The van der Waals surface area contributed by atoms with Crippen LogP contribution >= 0.6 is 0 Å². The van der Waals surface area contributed by atoms with Crippen LogP contribution in [0.1, 0.15) is 35.7 Å². The maximum Gasteiger partial charge on any atom is 0.251 e. The second-order valence-electron chi connectivity index (χ2n) is 9.66. The molecule has 0 aliphatic carbocycles. The van der Waals surface area contributed by atoms with Gasteiger partial charge in [-0.25, -0.2) is 16.8 Å². The van der Waals surface area contributed by atoms with Gasteiger partial charge in [-0.1, -0.05) is 13.0 Å². The number of hydrogen-bond acceptors (Lipinski definition) is 7. The van der Waals surface area contributed by atoms with E-state index in [1.54, 1.807) is 31.2 Å². The molecule has 12 heteroatoms. The summed E-state index contributed by atoms with van der Waals surface area (Å²) in [6.07, 6.45) is 1.65. The van der Waals surface area contributed by atoms with Crippen LogP contribution in [0.3, 0.4) is 0 Å². The lowest BCUT2D eigenvalue weighted by Gasteiger charge is -2.29. The van der Waals surface area contributed by atoms with Crippen molar-refractivity contribution in [3.05, 3.63) is 53.6 Å². The topological polar surface area (TPSA) is 122 Å². The molecule has 0 aromatic heterocycles. The number of carbonyl (C=O) groups excluding carboxylic acids is 1. The summed E-state index contributed by atoms with van der Waals surface area (Å²) in [6.45, 7) is 6.60. The Hall–Kier alpha value is -2.51. The first-order valence-corrected chi connectivity index (χ1v) is 15.7. The highest BCUT2D eigenvalue weighted by Gasteiger charge is 2.29. The number of morpholine rings is 1. The fraction of sp³-hybridized carbons (Fsp3) is 0.500. The monoisotopic (exact) mass is 565 g/mol. The summed E-state index contributed by atoms with van der Waals surface area (Å²) in [5.41, 5.74) is 0.973. The number of ether oxygens (including phenoxy) is 2. The number of hydrogen-bond donors (Lipinski definition) is 1. The SMILES string of the molecule is Cc1ccc(S(=O)(=O)N2CCC(C)CC2)cc1C(=O)NCCOc1ccc(S(=O)(=O)N2CCOCC2)cc1. The Morgan fingerprint density at radius 1 is 0.921 bits per heavy atom. The van der Waals surface area contributed by atoms with Crippen LogP contribution in [-0.2, 0) is 24.8 Å². The first-order valence-electron chi connectivity index (χ1n) is 12.8. The van der Waals surface area contributed by atoms with E-state index in [1.165, 1.54) is 26.8 Å². The molecular weight excluding hydrogens is 530 g/mol. The molecule has 1 amide bonds. The van der Waals surface area contributed by atoms with Crippen molar-refractivity contribution in [3.63, 3.8) is 0 Å². The zero-order chi connectivity index (χ0) is 27.3. The Labute approximate surface area is 225 Å². The van der Waals surface area contributed by atoms with E-state index in [9.17, 15) is 21.6 Å². The lowest BCUT2D eigenvalue weighted by atomic mass is 10.0. The van der Waals surface area contributed by atoms with Crippen LogP contribution in [0.25, 0.3) is 0 Å². The molecule has 2 aliphatic rings. The fourth-order valence-corrected chi connectivity index (χ4v) is 7.36. The number of nitrogens with one attached hydrogen (secondary N) is 1. The molecule has 0 atom stereocenters. The zero-order valence-corrected chi connectivity index (χ0v) is 23.4.